The lowest BCUT2D eigenvalue weighted by Crippen LogP contribution is -2.27. The number of aryl methyl sites for hydroxylation is 2. The molecule has 0 saturated heterocycles. The summed E-state index contributed by atoms with van der Waals surface area (Å²) in [4.78, 5) is 16.7. The fourth-order valence-corrected chi connectivity index (χ4v) is 2.62. The molecule has 0 aliphatic carbocycles. The number of para-hydroxylation sites is 1. The van der Waals surface area contributed by atoms with Crippen molar-refractivity contribution in [3.63, 3.8) is 0 Å². The third-order valence-electron chi connectivity index (χ3n) is 3.85. The molecule has 0 radical (unpaired) electrons. The molecule has 0 aliphatic rings. The number of amides is 1. The maximum atomic E-state index is 12.1. The van der Waals surface area contributed by atoms with E-state index >= 15 is 0 Å². The van der Waals surface area contributed by atoms with E-state index in [1.165, 1.54) is 0 Å². The van der Waals surface area contributed by atoms with Gasteiger partial charge >= 0.3 is 0 Å². The third kappa shape index (κ3) is 4.74. The molecule has 2 rings (SSSR count). The van der Waals surface area contributed by atoms with Crippen LogP contribution in [-0.2, 0) is 16.0 Å². The molecule has 2 aromatic rings. The fraction of sp³-hybridized carbons (Fsp3) is 0.444. The van der Waals surface area contributed by atoms with E-state index in [1.54, 1.807) is 0 Å². The van der Waals surface area contributed by atoms with Gasteiger partial charge in [0.05, 0.1) is 25.2 Å². The first-order valence-corrected chi connectivity index (χ1v) is 7.93. The van der Waals surface area contributed by atoms with Gasteiger partial charge in [0, 0.05) is 24.2 Å². The zero-order valence-electron chi connectivity index (χ0n) is 13.8. The molecule has 1 aromatic carbocycles. The van der Waals surface area contributed by atoms with Crippen LogP contribution in [0.15, 0.2) is 24.3 Å². The maximum Gasteiger partial charge on any atom is 0.224 e. The quantitative estimate of drug-likeness (QED) is 0.730. The van der Waals surface area contributed by atoms with Crippen LogP contribution in [0.2, 0.25) is 0 Å². The number of carbonyl (C=O) groups excluding carboxylic acids is 1. The van der Waals surface area contributed by atoms with Crippen LogP contribution in [0, 0.1) is 13.8 Å². The number of nitrogens with one attached hydrogen (secondary N) is 1. The maximum absolute atomic E-state index is 12.1. The summed E-state index contributed by atoms with van der Waals surface area (Å²) in [5.74, 6) is -0.00422. The Morgan fingerprint density at radius 2 is 2.04 bits per heavy atom. The number of benzene rings is 1. The number of nitrogens with zero attached hydrogens (tertiary/aromatic N) is 1. The average Bonchev–Trinajstić information content (AvgIpc) is 2.55. The van der Waals surface area contributed by atoms with Crippen LogP contribution in [-0.4, -0.2) is 42.4 Å². The van der Waals surface area contributed by atoms with E-state index in [0.717, 1.165) is 34.1 Å². The molecule has 5 nitrogen and oxygen atoms in total. The second-order valence-corrected chi connectivity index (χ2v) is 5.53. The number of aromatic nitrogens is 1. The summed E-state index contributed by atoms with van der Waals surface area (Å²) >= 11 is 0. The van der Waals surface area contributed by atoms with E-state index in [1.807, 2.05) is 38.1 Å². The molecular weight excluding hydrogens is 292 g/mol. The second kappa shape index (κ2) is 8.60. The lowest BCUT2D eigenvalue weighted by atomic mass is 9.99. The molecule has 0 atom stereocenters. The van der Waals surface area contributed by atoms with E-state index in [-0.39, 0.29) is 12.5 Å². The Bertz CT molecular complexity index is 671. The van der Waals surface area contributed by atoms with Crippen molar-refractivity contribution < 1.29 is 14.6 Å². The van der Waals surface area contributed by atoms with Crippen LogP contribution in [0.3, 0.4) is 0 Å². The van der Waals surface area contributed by atoms with Crippen molar-refractivity contribution in [2.24, 2.45) is 0 Å². The highest BCUT2D eigenvalue weighted by atomic mass is 16.5. The van der Waals surface area contributed by atoms with Gasteiger partial charge in [-0.1, -0.05) is 18.2 Å². The molecule has 0 fully saturated rings. The Balaban J connectivity index is 1.94. The van der Waals surface area contributed by atoms with E-state index in [4.69, 9.17) is 9.84 Å². The third-order valence-corrected chi connectivity index (χ3v) is 3.85. The number of rotatable bonds is 8. The number of aliphatic hydroxyl groups is 1. The van der Waals surface area contributed by atoms with Crippen molar-refractivity contribution in [1.29, 1.82) is 0 Å². The molecule has 1 aromatic heterocycles. The van der Waals surface area contributed by atoms with E-state index in [9.17, 15) is 4.79 Å². The smallest absolute Gasteiger partial charge is 0.224 e. The summed E-state index contributed by atoms with van der Waals surface area (Å²) in [5.41, 5.74) is 3.99. The number of fused-ring (bicyclic) bond motifs is 1. The molecule has 0 saturated carbocycles. The Morgan fingerprint density at radius 3 is 2.83 bits per heavy atom. The highest BCUT2D eigenvalue weighted by Gasteiger charge is 2.12. The molecule has 0 aliphatic heterocycles. The number of hydrogen-bond donors (Lipinski definition) is 2. The summed E-state index contributed by atoms with van der Waals surface area (Å²) in [6.45, 7) is 5.47. The average molecular weight is 316 g/mol. The first kappa shape index (κ1) is 17.4. The summed E-state index contributed by atoms with van der Waals surface area (Å²) < 4.78 is 5.16. The minimum Gasteiger partial charge on any atom is -0.394 e. The highest BCUT2D eigenvalue weighted by molar-refractivity contribution is 5.86. The SMILES string of the molecule is Cc1nc2ccccc2c(C)c1CC(=O)NCCCOCCO. The highest BCUT2D eigenvalue weighted by Crippen LogP contribution is 2.22. The van der Waals surface area contributed by atoms with E-state index < -0.39 is 0 Å². The predicted octanol–water partition coefficient (Wildman–Crippen LogP) is 1.91. The molecule has 1 amide bonds. The number of hydrogen-bond acceptors (Lipinski definition) is 4. The zero-order chi connectivity index (χ0) is 16.7. The van der Waals surface area contributed by atoms with Crippen LogP contribution in [0.5, 0.6) is 0 Å². The lowest BCUT2D eigenvalue weighted by molar-refractivity contribution is -0.120. The number of aliphatic hydroxyl groups excluding tert-OH is 1. The topological polar surface area (TPSA) is 71.5 Å². The van der Waals surface area contributed by atoms with Gasteiger partial charge in [-0.3, -0.25) is 9.78 Å². The van der Waals surface area contributed by atoms with Crippen molar-refractivity contribution >= 4 is 16.8 Å². The minimum absolute atomic E-state index is 0.00422. The van der Waals surface area contributed by atoms with Crippen molar-refractivity contribution in [3.05, 3.63) is 41.1 Å². The van der Waals surface area contributed by atoms with Crippen LogP contribution >= 0.6 is 0 Å². The van der Waals surface area contributed by atoms with Gasteiger partial charge in [0.15, 0.2) is 0 Å². The summed E-state index contributed by atoms with van der Waals surface area (Å²) in [6.07, 6.45) is 1.08. The zero-order valence-corrected chi connectivity index (χ0v) is 13.8. The van der Waals surface area contributed by atoms with Gasteiger partial charge in [-0.25, -0.2) is 0 Å². The fourth-order valence-electron chi connectivity index (χ4n) is 2.62. The Hall–Kier alpha value is -1.98. The Kier molecular flexibility index (Phi) is 6.50. The van der Waals surface area contributed by atoms with Crippen molar-refractivity contribution in [2.75, 3.05) is 26.4 Å². The van der Waals surface area contributed by atoms with Gasteiger partial charge in [-0.05, 0) is 37.5 Å². The van der Waals surface area contributed by atoms with Crippen LogP contribution in [0.4, 0.5) is 0 Å². The monoisotopic (exact) mass is 316 g/mol. The predicted molar refractivity (Wildman–Crippen MR) is 90.5 cm³/mol. The Morgan fingerprint density at radius 1 is 1.26 bits per heavy atom. The van der Waals surface area contributed by atoms with Crippen LogP contribution in [0.25, 0.3) is 10.9 Å². The minimum atomic E-state index is -0.00422. The largest absolute Gasteiger partial charge is 0.394 e. The normalized spacial score (nSPS) is 10.9. The standard InChI is InChI=1S/C18H24N2O3/c1-13-15-6-3-4-7-17(15)20-14(2)16(13)12-18(22)19-8-5-10-23-11-9-21/h3-4,6-7,21H,5,8-12H2,1-2H3,(H,19,22). The number of carbonyl (C=O) groups is 1. The number of ether oxygens (including phenoxy) is 1. The summed E-state index contributed by atoms with van der Waals surface area (Å²) in [5, 5.41) is 12.6. The van der Waals surface area contributed by atoms with Gasteiger partial charge < -0.3 is 15.2 Å². The molecule has 0 bridgehead atoms. The first-order valence-electron chi connectivity index (χ1n) is 7.93. The molecule has 5 heteroatoms. The molecule has 0 spiro atoms. The number of pyridine rings is 1. The summed E-state index contributed by atoms with van der Waals surface area (Å²) in [7, 11) is 0. The lowest BCUT2D eigenvalue weighted by Gasteiger charge is -2.12. The molecular formula is C18H24N2O3. The van der Waals surface area contributed by atoms with Gasteiger partial charge in [0.1, 0.15) is 0 Å². The van der Waals surface area contributed by atoms with Gasteiger partial charge in [-0.2, -0.15) is 0 Å². The van der Waals surface area contributed by atoms with Crippen molar-refractivity contribution in [1.82, 2.24) is 10.3 Å². The van der Waals surface area contributed by atoms with Crippen molar-refractivity contribution in [2.45, 2.75) is 26.7 Å². The van der Waals surface area contributed by atoms with Gasteiger partial charge in [-0.15, -0.1) is 0 Å². The molecule has 1 heterocycles. The molecule has 124 valence electrons. The molecule has 23 heavy (non-hydrogen) atoms. The Labute approximate surface area is 136 Å². The first-order chi connectivity index (χ1) is 11.1. The van der Waals surface area contributed by atoms with Gasteiger partial charge in [0.25, 0.3) is 0 Å². The van der Waals surface area contributed by atoms with Crippen LogP contribution in [0.1, 0.15) is 23.2 Å². The molecule has 2 N–H and O–H groups in total. The second-order valence-electron chi connectivity index (χ2n) is 5.53. The van der Waals surface area contributed by atoms with E-state index in [2.05, 4.69) is 10.3 Å². The summed E-state index contributed by atoms with van der Waals surface area (Å²) in [6, 6.07) is 7.99. The van der Waals surface area contributed by atoms with E-state index in [0.29, 0.717) is 26.2 Å². The van der Waals surface area contributed by atoms with Gasteiger partial charge in [0.2, 0.25) is 5.91 Å². The van der Waals surface area contributed by atoms with Crippen LogP contribution < -0.4 is 5.32 Å². The molecule has 0 unspecified atom stereocenters. The van der Waals surface area contributed by atoms with Crippen molar-refractivity contribution in [3.8, 4) is 0 Å².